The molecule has 0 heterocycles. The Bertz CT molecular complexity index is 1160. The molecular weight excluding hydrogens is 552 g/mol. The van der Waals surface area contributed by atoms with Crippen LogP contribution in [0, 0.1) is 0 Å². The van der Waals surface area contributed by atoms with Crippen LogP contribution in [0.2, 0.25) is 0 Å². The van der Waals surface area contributed by atoms with Crippen molar-refractivity contribution in [2.45, 2.75) is 32.8 Å². The Balaban J connectivity index is 1.69. The number of benzene rings is 4. The molecular formula is C29H27Br2OSi. The summed E-state index contributed by atoms with van der Waals surface area (Å²) in [4.78, 5) is 0. The molecule has 4 aromatic carbocycles. The first-order valence-electron chi connectivity index (χ1n) is 11.0. The van der Waals surface area contributed by atoms with Gasteiger partial charge in [0.2, 0.25) is 0 Å². The van der Waals surface area contributed by atoms with Gasteiger partial charge in [-0.3, -0.25) is 0 Å². The smallest absolute Gasteiger partial charge is 0.283 e. The van der Waals surface area contributed by atoms with E-state index in [1.54, 1.807) is 0 Å². The van der Waals surface area contributed by atoms with E-state index in [0.717, 1.165) is 14.5 Å². The molecule has 0 aliphatic carbocycles. The molecule has 0 unspecified atom stereocenters. The van der Waals surface area contributed by atoms with Crippen molar-refractivity contribution in [1.82, 2.24) is 0 Å². The molecule has 0 bridgehead atoms. The fraction of sp³-hybridized carbons (Fsp3) is 0.172. The molecule has 4 aromatic rings. The molecule has 0 aliphatic rings. The van der Waals surface area contributed by atoms with E-state index in [4.69, 9.17) is 4.43 Å². The van der Waals surface area contributed by atoms with Crippen molar-refractivity contribution in [3.05, 3.63) is 117 Å². The van der Waals surface area contributed by atoms with E-state index >= 15 is 0 Å². The maximum atomic E-state index is 6.72. The summed E-state index contributed by atoms with van der Waals surface area (Å²) in [5.41, 5.74) is 4.99. The Hall–Kier alpha value is -1.98. The maximum Gasteiger partial charge on any atom is 0.283 e. The third-order valence-electron chi connectivity index (χ3n) is 5.65. The van der Waals surface area contributed by atoms with E-state index in [0.29, 0.717) is 6.61 Å². The lowest BCUT2D eigenvalue weighted by Crippen LogP contribution is -2.44. The molecule has 0 saturated heterocycles. The summed E-state index contributed by atoms with van der Waals surface area (Å²) in [6, 6.07) is 34.3. The van der Waals surface area contributed by atoms with Crippen molar-refractivity contribution in [3.8, 4) is 11.1 Å². The van der Waals surface area contributed by atoms with Gasteiger partial charge in [-0.15, -0.1) is 0 Å². The average molecular weight is 579 g/mol. The largest absolute Gasteiger partial charge is 0.403 e. The number of hydrogen-bond acceptors (Lipinski definition) is 1. The molecule has 1 nitrogen and oxygen atoms in total. The molecule has 0 fully saturated rings. The Kier molecular flexibility index (Phi) is 7.70. The van der Waals surface area contributed by atoms with Gasteiger partial charge >= 0.3 is 0 Å². The second-order valence-electron chi connectivity index (χ2n) is 9.09. The number of hydrogen-bond donors (Lipinski definition) is 0. The molecule has 1 radical (unpaired) electrons. The van der Waals surface area contributed by atoms with E-state index < -0.39 is 9.04 Å². The topological polar surface area (TPSA) is 9.23 Å². The molecule has 167 valence electrons. The molecule has 0 aromatic heterocycles. The van der Waals surface area contributed by atoms with Crippen LogP contribution < -0.4 is 10.4 Å². The summed E-state index contributed by atoms with van der Waals surface area (Å²) in [5.74, 6) is 0. The minimum Gasteiger partial charge on any atom is -0.403 e. The van der Waals surface area contributed by atoms with Gasteiger partial charge < -0.3 is 4.43 Å². The fourth-order valence-corrected chi connectivity index (χ4v) is 7.10. The Labute approximate surface area is 215 Å². The summed E-state index contributed by atoms with van der Waals surface area (Å²) in [7, 11) is -1.38. The average Bonchev–Trinajstić information content (AvgIpc) is 2.81. The fourth-order valence-electron chi connectivity index (χ4n) is 3.81. The molecule has 0 saturated carbocycles. The van der Waals surface area contributed by atoms with Gasteiger partial charge in [-0.1, -0.05) is 138 Å². The highest BCUT2D eigenvalue weighted by molar-refractivity contribution is 9.11. The normalized spacial score (nSPS) is 11.7. The van der Waals surface area contributed by atoms with Gasteiger partial charge in [0, 0.05) is 8.95 Å². The zero-order valence-corrected chi connectivity index (χ0v) is 23.3. The quantitative estimate of drug-likeness (QED) is 0.215. The zero-order valence-electron chi connectivity index (χ0n) is 19.1. The summed E-state index contributed by atoms with van der Waals surface area (Å²) in [6.45, 7) is 7.26. The predicted octanol–water partition coefficient (Wildman–Crippen LogP) is 7.50. The van der Waals surface area contributed by atoms with Crippen LogP contribution in [-0.4, -0.2) is 9.04 Å². The Morgan fingerprint density at radius 3 is 1.79 bits per heavy atom. The molecule has 4 rings (SSSR count). The highest BCUT2D eigenvalue weighted by atomic mass is 79.9. The summed E-state index contributed by atoms with van der Waals surface area (Å²) < 4.78 is 8.81. The van der Waals surface area contributed by atoms with E-state index in [2.05, 4.69) is 150 Å². The van der Waals surface area contributed by atoms with Crippen molar-refractivity contribution < 1.29 is 4.43 Å². The molecule has 0 aliphatic heterocycles. The van der Waals surface area contributed by atoms with Gasteiger partial charge in [0.25, 0.3) is 9.04 Å². The van der Waals surface area contributed by atoms with Gasteiger partial charge in [0.15, 0.2) is 0 Å². The lowest BCUT2D eigenvalue weighted by molar-refractivity contribution is 0.321. The Morgan fingerprint density at radius 1 is 0.727 bits per heavy atom. The van der Waals surface area contributed by atoms with E-state index in [1.165, 1.54) is 27.1 Å². The van der Waals surface area contributed by atoms with Gasteiger partial charge in [0.05, 0.1) is 6.61 Å². The molecule has 0 N–H and O–H groups in total. The number of halogens is 2. The first kappa shape index (κ1) is 24.2. The highest BCUT2D eigenvalue weighted by Gasteiger charge is 2.21. The highest BCUT2D eigenvalue weighted by Crippen LogP contribution is 2.35. The third kappa shape index (κ3) is 5.93. The minimum absolute atomic E-state index is 0.130. The molecule has 0 atom stereocenters. The van der Waals surface area contributed by atoms with Crippen molar-refractivity contribution >= 4 is 51.3 Å². The van der Waals surface area contributed by atoms with E-state index in [9.17, 15) is 0 Å². The van der Waals surface area contributed by atoms with Crippen molar-refractivity contribution in [2.75, 3.05) is 0 Å². The summed E-state index contributed by atoms with van der Waals surface area (Å²) in [5, 5.41) is 2.50. The Morgan fingerprint density at radius 2 is 1.27 bits per heavy atom. The number of rotatable bonds is 6. The second-order valence-corrected chi connectivity index (χ2v) is 13.0. The minimum atomic E-state index is -1.38. The van der Waals surface area contributed by atoms with Crippen LogP contribution in [0.3, 0.4) is 0 Å². The predicted molar refractivity (Wildman–Crippen MR) is 149 cm³/mol. The van der Waals surface area contributed by atoms with Crippen LogP contribution in [0.5, 0.6) is 0 Å². The second kappa shape index (κ2) is 10.5. The SMILES string of the molecule is CC(C)(C)c1ccc(-c2cc(Br)cc(Br)c2CO[Si](c2ccccc2)c2ccccc2)cc1. The molecule has 0 spiro atoms. The summed E-state index contributed by atoms with van der Waals surface area (Å²) in [6.07, 6.45) is 0. The van der Waals surface area contributed by atoms with Gasteiger partial charge in [0.1, 0.15) is 0 Å². The first-order chi connectivity index (χ1) is 15.8. The van der Waals surface area contributed by atoms with Crippen LogP contribution >= 0.6 is 31.9 Å². The van der Waals surface area contributed by atoms with Gasteiger partial charge in [-0.25, -0.2) is 0 Å². The van der Waals surface area contributed by atoms with Crippen molar-refractivity contribution in [3.63, 3.8) is 0 Å². The van der Waals surface area contributed by atoms with Crippen molar-refractivity contribution in [2.24, 2.45) is 0 Å². The zero-order chi connectivity index (χ0) is 23.4. The third-order valence-corrected chi connectivity index (χ3v) is 8.97. The van der Waals surface area contributed by atoms with Gasteiger partial charge in [-0.2, -0.15) is 0 Å². The van der Waals surface area contributed by atoms with Crippen LogP contribution in [-0.2, 0) is 16.4 Å². The van der Waals surface area contributed by atoms with Gasteiger partial charge in [-0.05, 0) is 50.2 Å². The van der Waals surface area contributed by atoms with Crippen LogP contribution in [0.1, 0.15) is 31.9 Å². The monoisotopic (exact) mass is 577 g/mol. The molecule has 0 amide bonds. The lowest BCUT2D eigenvalue weighted by atomic mass is 9.86. The summed E-state index contributed by atoms with van der Waals surface area (Å²) >= 11 is 7.49. The maximum absolute atomic E-state index is 6.72. The molecule has 4 heteroatoms. The van der Waals surface area contributed by atoms with Crippen LogP contribution in [0.4, 0.5) is 0 Å². The van der Waals surface area contributed by atoms with E-state index in [1.807, 2.05) is 0 Å². The van der Waals surface area contributed by atoms with Crippen molar-refractivity contribution in [1.29, 1.82) is 0 Å². The van der Waals surface area contributed by atoms with E-state index in [-0.39, 0.29) is 5.41 Å². The lowest BCUT2D eigenvalue weighted by Gasteiger charge is -2.21. The van der Waals surface area contributed by atoms with Crippen LogP contribution in [0.15, 0.2) is 106 Å². The standard InChI is InChI=1S/C29H27Br2OSi/c1-29(2,3)22-16-14-21(15-17-22)26-18-23(30)19-28(31)27(26)20-32-33(24-10-6-4-7-11-24)25-12-8-5-9-13-25/h4-19H,20H2,1-3H3. The van der Waals surface area contributed by atoms with Crippen LogP contribution in [0.25, 0.3) is 11.1 Å². The molecule has 33 heavy (non-hydrogen) atoms. The first-order valence-corrected chi connectivity index (χ1v) is 14.0.